The number of rotatable bonds is 9. The Bertz CT molecular complexity index is 360. The van der Waals surface area contributed by atoms with E-state index in [0.29, 0.717) is 0 Å². The van der Waals surface area contributed by atoms with Crippen LogP contribution < -0.4 is 5.32 Å². The molecule has 1 saturated carbocycles. The van der Waals surface area contributed by atoms with Crippen LogP contribution in [0, 0.1) is 0 Å². The lowest BCUT2D eigenvalue weighted by molar-refractivity contribution is 0.178. The Balaban J connectivity index is 1.70. The molecule has 3 nitrogen and oxygen atoms in total. The minimum absolute atomic E-state index is 0.784. The highest BCUT2D eigenvalue weighted by molar-refractivity contribution is 5.22. The lowest BCUT2D eigenvalue weighted by Gasteiger charge is -2.16. The Morgan fingerprint density at radius 3 is 2.53 bits per heavy atom. The summed E-state index contributed by atoms with van der Waals surface area (Å²) >= 11 is 0. The number of hydrogen-bond acceptors (Lipinski definition) is 3. The molecule has 0 amide bonds. The predicted octanol–water partition coefficient (Wildman–Crippen LogP) is 2.41. The maximum absolute atomic E-state index is 5.08. The van der Waals surface area contributed by atoms with E-state index in [-0.39, 0.29) is 0 Å². The molecule has 0 radical (unpaired) electrons. The van der Waals surface area contributed by atoms with Crippen molar-refractivity contribution in [2.45, 2.75) is 38.4 Å². The molecule has 106 valence electrons. The number of benzene rings is 1. The largest absolute Gasteiger partial charge is 0.385 e. The van der Waals surface area contributed by atoms with Crippen molar-refractivity contribution >= 4 is 0 Å². The van der Waals surface area contributed by atoms with Gasteiger partial charge in [0.15, 0.2) is 0 Å². The van der Waals surface area contributed by atoms with Crippen LogP contribution in [0.3, 0.4) is 0 Å². The average molecular weight is 262 g/mol. The van der Waals surface area contributed by atoms with Crippen LogP contribution in [0.25, 0.3) is 0 Å². The molecule has 1 fully saturated rings. The quantitative estimate of drug-likeness (QED) is 0.692. The fraction of sp³-hybridized carbons (Fsp3) is 0.625. The molecule has 3 heteroatoms. The molecule has 0 unspecified atom stereocenters. The van der Waals surface area contributed by atoms with Gasteiger partial charge in [-0.25, -0.2) is 0 Å². The van der Waals surface area contributed by atoms with E-state index in [1.165, 1.54) is 24.0 Å². The van der Waals surface area contributed by atoms with Gasteiger partial charge in [0, 0.05) is 39.4 Å². The predicted molar refractivity (Wildman–Crippen MR) is 79.1 cm³/mol. The van der Waals surface area contributed by atoms with Crippen LogP contribution in [0.4, 0.5) is 0 Å². The lowest BCUT2D eigenvalue weighted by Crippen LogP contribution is -2.20. The lowest BCUT2D eigenvalue weighted by atomic mass is 10.1. The highest BCUT2D eigenvalue weighted by Crippen LogP contribution is 2.19. The summed E-state index contributed by atoms with van der Waals surface area (Å²) in [5, 5.41) is 3.54. The molecule has 2 rings (SSSR count). The van der Waals surface area contributed by atoms with E-state index >= 15 is 0 Å². The van der Waals surface area contributed by atoms with E-state index in [2.05, 4.69) is 41.5 Å². The fourth-order valence-corrected chi connectivity index (χ4v) is 2.18. The molecule has 19 heavy (non-hydrogen) atoms. The number of nitrogens with zero attached hydrogens (tertiary/aromatic N) is 1. The first-order valence-electron chi connectivity index (χ1n) is 7.26. The van der Waals surface area contributed by atoms with E-state index < -0.39 is 0 Å². The van der Waals surface area contributed by atoms with Crippen LogP contribution in [0.5, 0.6) is 0 Å². The summed E-state index contributed by atoms with van der Waals surface area (Å²) in [7, 11) is 3.92. The van der Waals surface area contributed by atoms with Crippen molar-refractivity contribution < 1.29 is 4.74 Å². The average Bonchev–Trinajstić information content (AvgIpc) is 3.22. The zero-order valence-corrected chi connectivity index (χ0v) is 12.2. The molecule has 0 saturated heterocycles. The van der Waals surface area contributed by atoms with Crippen LogP contribution in [0.2, 0.25) is 0 Å². The summed E-state index contributed by atoms with van der Waals surface area (Å²) < 4.78 is 5.08. The van der Waals surface area contributed by atoms with Crippen molar-refractivity contribution in [3.8, 4) is 0 Å². The second kappa shape index (κ2) is 7.63. The van der Waals surface area contributed by atoms with Crippen molar-refractivity contribution in [2.24, 2.45) is 0 Å². The van der Waals surface area contributed by atoms with Gasteiger partial charge in [0.25, 0.3) is 0 Å². The van der Waals surface area contributed by atoms with E-state index in [0.717, 1.165) is 38.7 Å². The van der Waals surface area contributed by atoms with Gasteiger partial charge in [0.1, 0.15) is 0 Å². The van der Waals surface area contributed by atoms with Crippen molar-refractivity contribution in [1.29, 1.82) is 0 Å². The monoisotopic (exact) mass is 262 g/mol. The molecule has 0 atom stereocenters. The van der Waals surface area contributed by atoms with Gasteiger partial charge in [-0.3, -0.25) is 0 Å². The summed E-state index contributed by atoms with van der Waals surface area (Å²) in [4.78, 5) is 2.34. The normalized spacial score (nSPS) is 15.1. The summed E-state index contributed by atoms with van der Waals surface area (Å²) in [5.41, 5.74) is 2.77. The Labute approximate surface area is 116 Å². The molecule has 1 aromatic rings. The Morgan fingerprint density at radius 1 is 1.21 bits per heavy atom. The zero-order valence-electron chi connectivity index (χ0n) is 12.2. The zero-order chi connectivity index (χ0) is 13.5. The van der Waals surface area contributed by atoms with E-state index in [9.17, 15) is 0 Å². The van der Waals surface area contributed by atoms with Crippen molar-refractivity contribution in [3.05, 3.63) is 35.4 Å². The first-order valence-corrected chi connectivity index (χ1v) is 7.26. The SMILES string of the molecule is COCCCN(C)Cc1ccc(CNC2CC2)cc1. The summed E-state index contributed by atoms with van der Waals surface area (Å²) in [6.45, 7) is 3.95. The minimum Gasteiger partial charge on any atom is -0.385 e. The van der Waals surface area contributed by atoms with Gasteiger partial charge in [0.2, 0.25) is 0 Å². The van der Waals surface area contributed by atoms with Gasteiger partial charge in [-0.05, 0) is 37.4 Å². The van der Waals surface area contributed by atoms with E-state index in [1.807, 2.05) is 0 Å². The van der Waals surface area contributed by atoms with Crippen molar-refractivity contribution in [1.82, 2.24) is 10.2 Å². The van der Waals surface area contributed by atoms with Crippen molar-refractivity contribution in [3.63, 3.8) is 0 Å². The highest BCUT2D eigenvalue weighted by atomic mass is 16.5. The van der Waals surface area contributed by atoms with Crippen molar-refractivity contribution in [2.75, 3.05) is 27.3 Å². The van der Waals surface area contributed by atoms with Crippen LogP contribution in [0.15, 0.2) is 24.3 Å². The van der Waals surface area contributed by atoms with Gasteiger partial charge < -0.3 is 15.0 Å². The van der Waals surface area contributed by atoms with Crippen LogP contribution in [0.1, 0.15) is 30.4 Å². The molecule has 1 aromatic carbocycles. The summed E-state index contributed by atoms with van der Waals surface area (Å²) in [6, 6.07) is 9.76. The van der Waals surface area contributed by atoms with Gasteiger partial charge in [-0.2, -0.15) is 0 Å². The molecule has 0 aromatic heterocycles. The van der Waals surface area contributed by atoms with Gasteiger partial charge in [-0.1, -0.05) is 24.3 Å². The van der Waals surface area contributed by atoms with Gasteiger partial charge >= 0.3 is 0 Å². The summed E-state index contributed by atoms with van der Waals surface area (Å²) in [5.74, 6) is 0. The Morgan fingerprint density at radius 2 is 1.89 bits per heavy atom. The second-order valence-corrected chi connectivity index (χ2v) is 5.56. The first-order chi connectivity index (χ1) is 9.28. The highest BCUT2D eigenvalue weighted by Gasteiger charge is 2.19. The molecule has 1 aliphatic rings. The minimum atomic E-state index is 0.784. The number of nitrogens with one attached hydrogen (secondary N) is 1. The third-order valence-corrected chi connectivity index (χ3v) is 3.54. The van der Waals surface area contributed by atoms with Crippen LogP contribution in [-0.2, 0) is 17.8 Å². The maximum Gasteiger partial charge on any atom is 0.0474 e. The summed E-state index contributed by atoms with van der Waals surface area (Å²) in [6.07, 6.45) is 3.80. The second-order valence-electron chi connectivity index (χ2n) is 5.56. The van der Waals surface area contributed by atoms with Crippen LogP contribution in [-0.4, -0.2) is 38.3 Å². The van der Waals surface area contributed by atoms with Gasteiger partial charge in [0.05, 0.1) is 0 Å². The molecular weight excluding hydrogens is 236 g/mol. The number of methoxy groups -OCH3 is 1. The standard InChI is InChI=1S/C16H26N2O/c1-18(10-3-11-19-2)13-15-6-4-14(5-7-15)12-17-16-8-9-16/h4-7,16-17H,3,8-13H2,1-2H3. The Kier molecular flexibility index (Phi) is 5.83. The fourth-order valence-electron chi connectivity index (χ4n) is 2.18. The molecule has 0 spiro atoms. The maximum atomic E-state index is 5.08. The molecular formula is C16H26N2O. The third-order valence-electron chi connectivity index (χ3n) is 3.54. The number of ether oxygens (including phenoxy) is 1. The molecule has 0 bridgehead atoms. The number of hydrogen-bond donors (Lipinski definition) is 1. The smallest absolute Gasteiger partial charge is 0.0474 e. The van der Waals surface area contributed by atoms with Crippen LogP contribution >= 0.6 is 0 Å². The van der Waals surface area contributed by atoms with E-state index in [1.54, 1.807) is 7.11 Å². The molecule has 1 N–H and O–H groups in total. The first kappa shape index (κ1) is 14.5. The molecule has 0 aliphatic heterocycles. The molecule has 1 aliphatic carbocycles. The van der Waals surface area contributed by atoms with Gasteiger partial charge in [-0.15, -0.1) is 0 Å². The Hall–Kier alpha value is -0.900. The molecule has 0 heterocycles. The van der Waals surface area contributed by atoms with E-state index in [4.69, 9.17) is 4.74 Å². The topological polar surface area (TPSA) is 24.5 Å². The third kappa shape index (κ3) is 5.72.